The molecular formula is C16H22N2O2. The molecule has 4 nitrogen and oxygen atoms in total. The molecule has 108 valence electrons. The molecule has 1 saturated heterocycles. The van der Waals surface area contributed by atoms with Crippen molar-refractivity contribution in [1.29, 1.82) is 0 Å². The Morgan fingerprint density at radius 1 is 1.35 bits per heavy atom. The van der Waals surface area contributed by atoms with E-state index < -0.39 is 0 Å². The summed E-state index contributed by atoms with van der Waals surface area (Å²) in [6, 6.07) is 8.20. The molecule has 2 aliphatic heterocycles. The van der Waals surface area contributed by atoms with Gasteiger partial charge >= 0.3 is 0 Å². The number of piperidine rings is 1. The first-order valence-electron chi connectivity index (χ1n) is 7.55. The summed E-state index contributed by atoms with van der Waals surface area (Å²) in [5.41, 5.74) is 2.31. The number of nitrogens with one attached hydrogen (secondary N) is 1. The van der Waals surface area contributed by atoms with Crippen LogP contribution in [0.15, 0.2) is 24.3 Å². The van der Waals surface area contributed by atoms with Gasteiger partial charge in [0.15, 0.2) is 0 Å². The lowest BCUT2D eigenvalue weighted by Crippen LogP contribution is -2.50. The van der Waals surface area contributed by atoms with E-state index in [2.05, 4.69) is 11.4 Å². The second-order valence-electron chi connectivity index (χ2n) is 5.75. The van der Waals surface area contributed by atoms with Gasteiger partial charge in [-0.3, -0.25) is 4.79 Å². The quantitative estimate of drug-likeness (QED) is 0.883. The van der Waals surface area contributed by atoms with Crippen molar-refractivity contribution in [2.45, 2.75) is 44.2 Å². The summed E-state index contributed by atoms with van der Waals surface area (Å²) in [5, 5.41) is 12.5. The van der Waals surface area contributed by atoms with Crippen molar-refractivity contribution in [3.8, 4) is 0 Å². The molecule has 1 aromatic carbocycles. The van der Waals surface area contributed by atoms with E-state index in [-0.39, 0.29) is 24.6 Å². The van der Waals surface area contributed by atoms with Gasteiger partial charge in [-0.2, -0.15) is 0 Å². The van der Waals surface area contributed by atoms with Gasteiger partial charge in [0.25, 0.3) is 0 Å². The molecule has 3 rings (SSSR count). The van der Waals surface area contributed by atoms with Crippen LogP contribution in [-0.2, 0) is 11.2 Å². The van der Waals surface area contributed by atoms with Crippen molar-refractivity contribution >= 4 is 11.6 Å². The highest BCUT2D eigenvalue weighted by atomic mass is 16.3. The zero-order valence-corrected chi connectivity index (χ0v) is 11.7. The summed E-state index contributed by atoms with van der Waals surface area (Å²) in [6.07, 6.45) is 4.73. The molecule has 0 bridgehead atoms. The van der Waals surface area contributed by atoms with Crippen molar-refractivity contribution in [3.05, 3.63) is 29.8 Å². The van der Waals surface area contributed by atoms with Gasteiger partial charge in [-0.1, -0.05) is 18.2 Å². The van der Waals surface area contributed by atoms with Gasteiger partial charge in [0.05, 0.1) is 0 Å². The summed E-state index contributed by atoms with van der Waals surface area (Å²) >= 11 is 0. The van der Waals surface area contributed by atoms with Crippen molar-refractivity contribution < 1.29 is 9.90 Å². The number of carbonyl (C=O) groups is 1. The lowest BCUT2D eigenvalue weighted by atomic mass is 9.98. The minimum absolute atomic E-state index is 0.133. The second kappa shape index (κ2) is 5.83. The summed E-state index contributed by atoms with van der Waals surface area (Å²) in [5.74, 6) is 0.194. The fourth-order valence-corrected chi connectivity index (χ4v) is 3.39. The average Bonchev–Trinajstić information content (AvgIpc) is 2.91. The van der Waals surface area contributed by atoms with Gasteiger partial charge in [0.2, 0.25) is 5.91 Å². The van der Waals surface area contributed by atoms with Crippen LogP contribution >= 0.6 is 0 Å². The summed E-state index contributed by atoms with van der Waals surface area (Å²) < 4.78 is 0. The number of anilines is 1. The van der Waals surface area contributed by atoms with Crippen LogP contribution in [0.4, 0.5) is 5.69 Å². The topological polar surface area (TPSA) is 52.6 Å². The van der Waals surface area contributed by atoms with E-state index >= 15 is 0 Å². The standard InChI is InChI=1S/C16H22N2O2/c19-10-8-13-6-3-4-9-18(13)16(20)15-11-12-5-1-2-7-14(12)17-15/h1-2,5,7,13,15,17,19H,3-4,6,8-11H2. The van der Waals surface area contributed by atoms with Gasteiger partial charge < -0.3 is 15.3 Å². The van der Waals surface area contributed by atoms with E-state index in [0.29, 0.717) is 6.42 Å². The normalized spacial score (nSPS) is 25.1. The van der Waals surface area contributed by atoms with E-state index in [0.717, 1.165) is 37.9 Å². The van der Waals surface area contributed by atoms with Gasteiger partial charge in [-0.05, 0) is 37.3 Å². The van der Waals surface area contributed by atoms with Gasteiger partial charge in [0, 0.05) is 31.3 Å². The van der Waals surface area contributed by atoms with Crippen molar-refractivity contribution in [1.82, 2.24) is 4.90 Å². The van der Waals surface area contributed by atoms with E-state index in [4.69, 9.17) is 0 Å². The minimum atomic E-state index is -0.133. The molecule has 2 heterocycles. The smallest absolute Gasteiger partial charge is 0.245 e. The lowest BCUT2D eigenvalue weighted by molar-refractivity contribution is -0.135. The van der Waals surface area contributed by atoms with Gasteiger partial charge in [-0.25, -0.2) is 0 Å². The third-order valence-corrected chi connectivity index (χ3v) is 4.44. The molecule has 0 aliphatic carbocycles. The van der Waals surface area contributed by atoms with Crippen LogP contribution in [0.3, 0.4) is 0 Å². The first kappa shape index (κ1) is 13.4. The molecule has 2 atom stereocenters. The average molecular weight is 274 g/mol. The number of amides is 1. The van der Waals surface area contributed by atoms with Crippen molar-refractivity contribution in [2.75, 3.05) is 18.5 Å². The van der Waals surface area contributed by atoms with Crippen LogP contribution in [0, 0.1) is 0 Å². The van der Waals surface area contributed by atoms with E-state index in [1.54, 1.807) is 0 Å². The maximum Gasteiger partial charge on any atom is 0.245 e. The highest BCUT2D eigenvalue weighted by Gasteiger charge is 2.34. The zero-order valence-electron chi connectivity index (χ0n) is 11.7. The highest BCUT2D eigenvalue weighted by molar-refractivity contribution is 5.87. The van der Waals surface area contributed by atoms with Gasteiger partial charge in [-0.15, -0.1) is 0 Å². The number of fused-ring (bicyclic) bond motifs is 1. The lowest BCUT2D eigenvalue weighted by Gasteiger charge is -2.37. The van der Waals surface area contributed by atoms with Crippen molar-refractivity contribution in [3.63, 3.8) is 0 Å². The molecule has 2 aliphatic rings. The van der Waals surface area contributed by atoms with Crippen molar-refractivity contribution in [2.24, 2.45) is 0 Å². The largest absolute Gasteiger partial charge is 0.396 e. The Labute approximate surface area is 119 Å². The third kappa shape index (κ3) is 2.52. The third-order valence-electron chi connectivity index (χ3n) is 4.44. The van der Waals surface area contributed by atoms with Crippen LogP contribution in [-0.4, -0.2) is 41.1 Å². The molecule has 1 fully saturated rings. The minimum Gasteiger partial charge on any atom is -0.396 e. The molecule has 0 spiro atoms. The molecular weight excluding hydrogens is 252 g/mol. The monoisotopic (exact) mass is 274 g/mol. The molecule has 2 N–H and O–H groups in total. The van der Waals surface area contributed by atoms with E-state index in [9.17, 15) is 9.90 Å². The summed E-state index contributed by atoms with van der Waals surface area (Å²) in [7, 11) is 0. The molecule has 4 heteroatoms. The number of aliphatic hydroxyl groups excluding tert-OH is 1. The number of para-hydroxylation sites is 1. The van der Waals surface area contributed by atoms with Crippen LogP contribution < -0.4 is 5.32 Å². The fourth-order valence-electron chi connectivity index (χ4n) is 3.39. The maximum atomic E-state index is 12.7. The van der Waals surface area contributed by atoms with Gasteiger partial charge in [0.1, 0.15) is 6.04 Å². The SMILES string of the molecule is O=C(C1Cc2ccccc2N1)N1CCCCC1CCO. The molecule has 2 unspecified atom stereocenters. The van der Waals surface area contributed by atoms with Crippen LogP contribution in [0.25, 0.3) is 0 Å². The zero-order chi connectivity index (χ0) is 13.9. The second-order valence-corrected chi connectivity index (χ2v) is 5.75. The first-order chi connectivity index (χ1) is 9.79. The molecule has 20 heavy (non-hydrogen) atoms. The number of hydrogen-bond acceptors (Lipinski definition) is 3. The Balaban J connectivity index is 1.70. The molecule has 1 amide bonds. The van der Waals surface area contributed by atoms with Crippen LogP contribution in [0.5, 0.6) is 0 Å². The number of aliphatic hydroxyl groups is 1. The Morgan fingerprint density at radius 3 is 3.00 bits per heavy atom. The van der Waals surface area contributed by atoms with E-state index in [1.807, 2.05) is 23.1 Å². The molecule has 0 saturated carbocycles. The molecule has 1 aromatic rings. The first-order valence-corrected chi connectivity index (χ1v) is 7.55. The number of hydrogen-bond donors (Lipinski definition) is 2. The summed E-state index contributed by atoms with van der Waals surface area (Å²) in [6.45, 7) is 0.991. The Morgan fingerprint density at radius 2 is 2.20 bits per heavy atom. The predicted molar refractivity (Wildman–Crippen MR) is 78.6 cm³/mol. The Kier molecular flexibility index (Phi) is 3.92. The Bertz CT molecular complexity index is 462. The Hall–Kier alpha value is -1.55. The summed E-state index contributed by atoms with van der Waals surface area (Å²) in [4.78, 5) is 14.7. The van der Waals surface area contributed by atoms with E-state index in [1.165, 1.54) is 5.56 Å². The molecule has 0 radical (unpaired) electrons. The number of nitrogens with zero attached hydrogens (tertiary/aromatic N) is 1. The highest BCUT2D eigenvalue weighted by Crippen LogP contribution is 2.28. The van der Waals surface area contributed by atoms with Crippen LogP contribution in [0.1, 0.15) is 31.2 Å². The fraction of sp³-hybridized carbons (Fsp3) is 0.562. The maximum absolute atomic E-state index is 12.7. The van der Waals surface area contributed by atoms with Crippen LogP contribution in [0.2, 0.25) is 0 Å². The molecule has 0 aromatic heterocycles. The number of likely N-dealkylation sites (tertiary alicyclic amines) is 1. The number of benzene rings is 1. The number of rotatable bonds is 3. The number of carbonyl (C=O) groups excluding carboxylic acids is 1. The predicted octanol–water partition coefficient (Wildman–Crippen LogP) is 1.79.